The normalized spacial score (nSPS) is 11.2. The Bertz CT molecular complexity index is 528. The molecule has 2 aromatic heterocycles. The van der Waals surface area contributed by atoms with E-state index in [0.29, 0.717) is 17.1 Å². The summed E-state index contributed by atoms with van der Waals surface area (Å²) in [6, 6.07) is 3.60. The summed E-state index contributed by atoms with van der Waals surface area (Å²) in [6.07, 6.45) is 3.84. The number of nitrogens with two attached hydrogens (primary N) is 1. The van der Waals surface area contributed by atoms with Crippen molar-refractivity contribution in [1.82, 2.24) is 9.38 Å². The molecule has 0 unspecified atom stereocenters. The molecule has 0 aliphatic carbocycles. The van der Waals surface area contributed by atoms with E-state index < -0.39 is 0 Å². The van der Waals surface area contributed by atoms with E-state index in [-0.39, 0.29) is 12.3 Å². The Morgan fingerprint density at radius 1 is 1.56 bits per heavy atom. The maximum Gasteiger partial charge on any atom is 0.180 e. The highest BCUT2D eigenvalue weighted by Crippen LogP contribution is 2.17. The van der Waals surface area contributed by atoms with Crippen molar-refractivity contribution in [2.45, 2.75) is 19.8 Å². The van der Waals surface area contributed by atoms with Crippen LogP contribution < -0.4 is 5.73 Å². The highest BCUT2D eigenvalue weighted by Gasteiger charge is 2.12. The second-order valence-electron chi connectivity index (χ2n) is 4.10. The molecule has 0 aliphatic rings. The Labute approximate surface area is 94.1 Å². The molecule has 84 valence electrons. The SMILES string of the molecule is CC(C)c1cn2cccc(C(=O)CN)c2n1. The maximum absolute atomic E-state index is 11.6. The van der Waals surface area contributed by atoms with E-state index in [2.05, 4.69) is 18.8 Å². The van der Waals surface area contributed by atoms with Crippen LogP contribution >= 0.6 is 0 Å². The molecule has 0 aliphatic heterocycles. The predicted octanol–water partition coefficient (Wildman–Crippen LogP) is 1.60. The summed E-state index contributed by atoms with van der Waals surface area (Å²) in [7, 11) is 0. The fourth-order valence-corrected chi connectivity index (χ4v) is 1.64. The minimum Gasteiger partial charge on any atom is -0.324 e. The zero-order chi connectivity index (χ0) is 11.7. The van der Waals surface area contributed by atoms with Crippen molar-refractivity contribution in [2.75, 3.05) is 6.54 Å². The molecule has 2 heterocycles. The average molecular weight is 217 g/mol. The zero-order valence-electron chi connectivity index (χ0n) is 9.47. The Morgan fingerprint density at radius 3 is 2.94 bits per heavy atom. The Morgan fingerprint density at radius 2 is 2.31 bits per heavy atom. The van der Waals surface area contributed by atoms with Crippen LogP contribution in [0.25, 0.3) is 5.65 Å². The molecule has 2 aromatic rings. The van der Waals surface area contributed by atoms with Crippen molar-refractivity contribution >= 4 is 11.4 Å². The summed E-state index contributed by atoms with van der Waals surface area (Å²) in [5, 5.41) is 0. The first-order valence-corrected chi connectivity index (χ1v) is 5.34. The van der Waals surface area contributed by atoms with Crippen molar-refractivity contribution in [3.8, 4) is 0 Å². The maximum atomic E-state index is 11.6. The number of imidazole rings is 1. The van der Waals surface area contributed by atoms with Gasteiger partial charge >= 0.3 is 0 Å². The van der Waals surface area contributed by atoms with Crippen molar-refractivity contribution in [1.29, 1.82) is 0 Å². The molecule has 4 heteroatoms. The second kappa shape index (κ2) is 4.06. The van der Waals surface area contributed by atoms with Gasteiger partial charge in [-0.15, -0.1) is 0 Å². The van der Waals surface area contributed by atoms with Crippen LogP contribution in [0.2, 0.25) is 0 Å². The van der Waals surface area contributed by atoms with Crippen LogP contribution in [-0.2, 0) is 0 Å². The van der Waals surface area contributed by atoms with Gasteiger partial charge < -0.3 is 10.1 Å². The Balaban J connectivity index is 2.63. The lowest BCUT2D eigenvalue weighted by Gasteiger charge is -1.99. The molecule has 16 heavy (non-hydrogen) atoms. The van der Waals surface area contributed by atoms with Gasteiger partial charge in [-0.1, -0.05) is 13.8 Å². The molecular formula is C12H15N3O. The van der Waals surface area contributed by atoms with Gasteiger partial charge in [-0.2, -0.15) is 0 Å². The molecule has 0 saturated carbocycles. The molecular weight excluding hydrogens is 202 g/mol. The standard InChI is InChI=1S/C12H15N3O/c1-8(2)10-7-15-5-3-4-9(11(16)6-13)12(15)14-10/h3-5,7-8H,6,13H2,1-2H3. The lowest BCUT2D eigenvalue weighted by atomic mass is 10.1. The summed E-state index contributed by atoms with van der Waals surface area (Å²) in [4.78, 5) is 16.1. The van der Waals surface area contributed by atoms with Gasteiger partial charge in [-0.05, 0) is 18.1 Å². The number of hydrogen-bond donors (Lipinski definition) is 1. The van der Waals surface area contributed by atoms with Crippen LogP contribution in [0.3, 0.4) is 0 Å². The number of nitrogens with zero attached hydrogens (tertiary/aromatic N) is 2. The number of aromatic nitrogens is 2. The van der Waals surface area contributed by atoms with E-state index in [1.54, 1.807) is 6.07 Å². The first-order valence-electron chi connectivity index (χ1n) is 5.34. The summed E-state index contributed by atoms with van der Waals surface area (Å²) < 4.78 is 1.87. The minimum absolute atomic E-state index is 0.0174. The molecule has 0 saturated heterocycles. The van der Waals surface area contributed by atoms with E-state index in [9.17, 15) is 4.79 Å². The first-order chi connectivity index (χ1) is 7.63. The van der Waals surface area contributed by atoms with E-state index in [0.717, 1.165) is 5.69 Å². The summed E-state index contributed by atoms with van der Waals surface area (Å²) >= 11 is 0. The highest BCUT2D eigenvalue weighted by molar-refractivity contribution is 6.02. The van der Waals surface area contributed by atoms with E-state index >= 15 is 0 Å². The van der Waals surface area contributed by atoms with Gasteiger partial charge in [0.2, 0.25) is 0 Å². The van der Waals surface area contributed by atoms with Crippen molar-refractivity contribution in [2.24, 2.45) is 5.73 Å². The number of Topliss-reactive ketones (excluding diaryl/α,β-unsaturated/α-hetero) is 1. The van der Waals surface area contributed by atoms with Crippen LogP contribution in [0, 0.1) is 0 Å². The smallest absolute Gasteiger partial charge is 0.180 e. The largest absolute Gasteiger partial charge is 0.324 e. The van der Waals surface area contributed by atoms with Crippen molar-refractivity contribution in [3.05, 3.63) is 35.8 Å². The summed E-state index contributed by atoms with van der Waals surface area (Å²) in [6.45, 7) is 4.17. The van der Waals surface area contributed by atoms with Crippen LogP contribution in [0.4, 0.5) is 0 Å². The molecule has 4 nitrogen and oxygen atoms in total. The lowest BCUT2D eigenvalue weighted by Crippen LogP contribution is -2.14. The van der Waals surface area contributed by atoms with Crippen LogP contribution in [0.1, 0.15) is 35.8 Å². The third-order valence-electron chi connectivity index (χ3n) is 2.58. The number of rotatable bonds is 3. The molecule has 0 bridgehead atoms. The zero-order valence-corrected chi connectivity index (χ0v) is 9.47. The molecule has 2 rings (SSSR count). The van der Waals surface area contributed by atoms with Crippen LogP contribution in [-0.4, -0.2) is 21.7 Å². The number of pyridine rings is 1. The molecule has 0 fully saturated rings. The molecule has 0 spiro atoms. The van der Waals surface area contributed by atoms with Crippen molar-refractivity contribution < 1.29 is 4.79 Å². The predicted molar refractivity (Wildman–Crippen MR) is 62.7 cm³/mol. The molecule has 0 radical (unpaired) electrons. The van der Waals surface area contributed by atoms with Crippen molar-refractivity contribution in [3.63, 3.8) is 0 Å². The second-order valence-corrected chi connectivity index (χ2v) is 4.10. The third-order valence-corrected chi connectivity index (χ3v) is 2.58. The highest BCUT2D eigenvalue weighted by atomic mass is 16.1. The molecule has 0 atom stereocenters. The van der Waals surface area contributed by atoms with Gasteiger partial charge in [0, 0.05) is 12.4 Å². The monoisotopic (exact) mass is 217 g/mol. The van der Waals surface area contributed by atoms with Gasteiger partial charge in [0.25, 0.3) is 0 Å². The van der Waals surface area contributed by atoms with E-state index in [1.165, 1.54) is 0 Å². The fourth-order valence-electron chi connectivity index (χ4n) is 1.64. The number of carbonyl (C=O) groups is 1. The van der Waals surface area contributed by atoms with Crippen LogP contribution in [0.15, 0.2) is 24.5 Å². The first kappa shape index (κ1) is 10.8. The van der Waals surface area contributed by atoms with E-state index in [1.807, 2.05) is 22.9 Å². The molecule has 0 aromatic carbocycles. The molecule has 0 amide bonds. The number of carbonyl (C=O) groups excluding carboxylic acids is 1. The lowest BCUT2D eigenvalue weighted by molar-refractivity contribution is 0.100. The van der Waals surface area contributed by atoms with E-state index in [4.69, 9.17) is 5.73 Å². The van der Waals surface area contributed by atoms with Gasteiger partial charge in [0.15, 0.2) is 5.78 Å². The Hall–Kier alpha value is -1.68. The van der Waals surface area contributed by atoms with Crippen LogP contribution in [0.5, 0.6) is 0 Å². The number of ketones is 1. The van der Waals surface area contributed by atoms with Gasteiger partial charge in [0.1, 0.15) is 5.65 Å². The molecule has 2 N–H and O–H groups in total. The quantitative estimate of drug-likeness (QED) is 0.794. The van der Waals surface area contributed by atoms with Gasteiger partial charge in [0.05, 0.1) is 17.8 Å². The average Bonchev–Trinajstić information content (AvgIpc) is 2.71. The minimum atomic E-state index is -0.0773. The van der Waals surface area contributed by atoms with Gasteiger partial charge in [-0.25, -0.2) is 4.98 Å². The van der Waals surface area contributed by atoms with Gasteiger partial charge in [-0.3, -0.25) is 4.79 Å². The number of fused-ring (bicyclic) bond motifs is 1. The Kier molecular flexibility index (Phi) is 2.75. The summed E-state index contributed by atoms with van der Waals surface area (Å²) in [5.41, 5.74) is 7.65. The number of hydrogen-bond acceptors (Lipinski definition) is 3. The third kappa shape index (κ3) is 1.72. The topological polar surface area (TPSA) is 60.4 Å². The fraction of sp³-hybridized carbons (Fsp3) is 0.333. The summed E-state index contributed by atoms with van der Waals surface area (Å²) in [5.74, 6) is 0.271.